The number of hydrogen-bond acceptors (Lipinski definition) is 4. The second-order valence-electron chi connectivity index (χ2n) is 5.26. The minimum Gasteiger partial charge on any atom is -0.485 e. The Morgan fingerprint density at radius 1 is 1.30 bits per heavy atom. The lowest BCUT2D eigenvalue weighted by molar-refractivity contribution is -0.130. The second-order valence-corrected chi connectivity index (χ2v) is 5.26. The molecule has 2 aliphatic rings. The third-order valence-corrected chi connectivity index (χ3v) is 3.74. The number of rotatable bonds is 3. The first-order valence-corrected chi connectivity index (χ1v) is 7.22. The maximum Gasteiger partial charge on any atom is 0.264 e. The molecule has 2 N–H and O–H groups in total. The number of nitrogens with one attached hydrogen (secondary N) is 2. The molecule has 2 atom stereocenters. The zero-order chi connectivity index (χ0) is 13.8. The lowest BCUT2D eigenvalue weighted by Gasteiger charge is -2.27. The molecule has 0 radical (unpaired) electrons. The number of carbonyl (C=O) groups is 1. The molecular weight excluding hydrogens is 256 g/mol. The Morgan fingerprint density at radius 3 is 2.95 bits per heavy atom. The van der Waals surface area contributed by atoms with Crippen molar-refractivity contribution in [2.75, 3.05) is 19.7 Å². The number of fused-ring (bicyclic) bond motifs is 1. The van der Waals surface area contributed by atoms with Crippen molar-refractivity contribution in [1.82, 2.24) is 10.6 Å². The van der Waals surface area contributed by atoms with E-state index in [1.54, 1.807) is 0 Å². The molecule has 108 valence electrons. The Kier molecular flexibility index (Phi) is 4.06. The van der Waals surface area contributed by atoms with Crippen LogP contribution in [0.25, 0.3) is 0 Å². The average Bonchev–Trinajstić information content (AvgIpc) is 2.53. The fourth-order valence-electron chi connectivity index (χ4n) is 2.58. The van der Waals surface area contributed by atoms with Crippen LogP contribution in [-0.2, 0) is 4.79 Å². The minimum atomic E-state index is -0.562. The van der Waals surface area contributed by atoms with E-state index in [1.165, 1.54) is 12.8 Å². The van der Waals surface area contributed by atoms with Crippen molar-refractivity contribution in [3.8, 4) is 11.5 Å². The van der Waals surface area contributed by atoms with Gasteiger partial charge in [0.05, 0.1) is 0 Å². The van der Waals surface area contributed by atoms with E-state index >= 15 is 0 Å². The molecule has 0 bridgehead atoms. The third-order valence-electron chi connectivity index (χ3n) is 3.74. The quantitative estimate of drug-likeness (QED) is 0.867. The molecule has 2 aliphatic heterocycles. The number of benzene rings is 1. The van der Waals surface area contributed by atoms with Gasteiger partial charge in [-0.3, -0.25) is 4.79 Å². The van der Waals surface area contributed by atoms with Gasteiger partial charge in [-0.2, -0.15) is 0 Å². The van der Waals surface area contributed by atoms with Gasteiger partial charge in [0.25, 0.3) is 5.91 Å². The highest BCUT2D eigenvalue weighted by atomic mass is 16.6. The monoisotopic (exact) mass is 276 g/mol. The van der Waals surface area contributed by atoms with Gasteiger partial charge in [0.1, 0.15) is 6.61 Å². The van der Waals surface area contributed by atoms with E-state index in [0.29, 0.717) is 24.1 Å². The molecule has 1 saturated heterocycles. The minimum absolute atomic E-state index is 0.105. The predicted octanol–water partition coefficient (Wildman–Crippen LogP) is 1.08. The first-order valence-electron chi connectivity index (χ1n) is 7.22. The summed E-state index contributed by atoms with van der Waals surface area (Å²) in [6.45, 7) is 1.96. The number of carbonyl (C=O) groups excluding carboxylic acids is 1. The molecule has 5 heteroatoms. The summed E-state index contributed by atoms with van der Waals surface area (Å²) in [5.74, 6) is 1.23. The van der Waals surface area contributed by atoms with Gasteiger partial charge in [-0.05, 0) is 31.5 Å². The molecule has 1 aromatic rings. The van der Waals surface area contributed by atoms with E-state index < -0.39 is 6.10 Å². The molecule has 5 nitrogen and oxygen atoms in total. The molecule has 0 aromatic heterocycles. The second kappa shape index (κ2) is 6.13. The summed E-state index contributed by atoms with van der Waals surface area (Å²) < 4.78 is 11.2. The van der Waals surface area contributed by atoms with E-state index in [0.717, 1.165) is 13.0 Å². The summed E-state index contributed by atoms with van der Waals surface area (Å²) in [5, 5.41) is 6.35. The molecule has 20 heavy (non-hydrogen) atoms. The highest BCUT2D eigenvalue weighted by molar-refractivity contribution is 5.81. The van der Waals surface area contributed by atoms with Crippen LogP contribution in [0.15, 0.2) is 24.3 Å². The smallest absolute Gasteiger partial charge is 0.264 e. The normalized spacial score (nSPS) is 25.0. The van der Waals surface area contributed by atoms with Crippen molar-refractivity contribution in [2.45, 2.75) is 31.4 Å². The first-order chi connectivity index (χ1) is 9.83. The van der Waals surface area contributed by atoms with Crippen molar-refractivity contribution in [3.05, 3.63) is 24.3 Å². The number of piperidine rings is 1. The number of amides is 1. The van der Waals surface area contributed by atoms with Gasteiger partial charge in [-0.15, -0.1) is 0 Å². The van der Waals surface area contributed by atoms with E-state index in [4.69, 9.17) is 9.47 Å². The average molecular weight is 276 g/mol. The maximum atomic E-state index is 12.1. The van der Waals surface area contributed by atoms with Gasteiger partial charge < -0.3 is 20.1 Å². The topological polar surface area (TPSA) is 59.6 Å². The van der Waals surface area contributed by atoms with Crippen molar-refractivity contribution in [1.29, 1.82) is 0 Å². The van der Waals surface area contributed by atoms with Gasteiger partial charge in [0.15, 0.2) is 11.5 Å². The van der Waals surface area contributed by atoms with Gasteiger partial charge in [-0.25, -0.2) is 0 Å². The molecule has 1 amide bonds. The third kappa shape index (κ3) is 3.04. The molecule has 0 saturated carbocycles. The van der Waals surface area contributed by atoms with Crippen LogP contribution >= 0.6 is 0 Å². The summed E-state index contributed by atoms with van der Waals surface area (Å²) in [6, 6.07) is 7.79. The molecule has 3 rings (SSSR count). The number of hydrogen-bond donors (Lipinski definition) is 2. The van der Waals surface area contributed by atoms with Crippen LogP contribution in [-0.4, -0.2) is 37.7 Å². The molecule has 1 aromatic carbocycles. The number of ether oxygens (including phenoxy) is 2. The SMILES string of the molecule is O=C(NC[C@H]1CCCCN1)[C@@H]1COc2ccccc2O1. The highest BCUT2D eigenvalue weighted by Crippen LogP contribution is 2.30. The van der Waals surface area contributed by atoms with Crippen LogP contribution in [0.5, 0.6) is 11.5 Å². The van der Waals surface area contributed by atoms with Crippen molar-refractivity contribution in [2.24, 2.45) is 0 Å². The summed E-state index contributed by atoms with van der Waals surface area (Å²) in [6.07, 6.45) is 3.00. The van der Waals surface area contributed by atoms with Gasteiger partial charge in [-0.1, -0.05) is 18.6 Å². The van der Waals surface area contributed by atoms with Crippen molar-refractivity contribution in [3.63, 3.8) is 0 Å². The first kappa shape index (κ1) is 13.2. The molecule has 0 aliphatic carbocycles. The standard InChI is InChI=1S/C15H20N2O3/c18-15(17-9-11-5-3-4-8-16-11)14-10-19-12-6-1-2-7-13(12)20-14/h1-2,6-7,11,14,16H,3-5,8-10H2,(H,17,18)/t11-,14+/m1/s1. The Bertz CT molecular complexity index is 472. The van der Waals surface area contributed by atoms with E-state index in [1.807, 2.05) is 24.3 Å². The lowest BCUT2D eigenvalue weighted by atomic mass is 10.1. The van der Waals surface area contributed by atoms with Crippen LogP contribution in [0, 0.1) is 0 Å². The van der Waals surface area contributed by atoms with Crippen molar-refractivity contribution >= 4 is 5.91 Å². The van der Waals surface area contributed by atoms with Crippen LogP contribution in [0.4, 0.5) is 0 Å². The molecular formula is C15H20N2O3. The lowest BCUT2D eigenvalue weighted by Crippen LogP contribution is -2.49. The Hall–Kier alpha value is -1.75. The van der Waals surface area contributed by atoms with E-state index in [2.05, 4.69) is 10.6 Å². The Morgan fingerprint density at radius 2 is 2.15 bits per heavy atom. The predicted molar refractivity (Wildman–Crippen MR) is 75.0 cm³/mol. The summed E-state index contributed by atoms with van der Waals surface area (Å²) in [7, 11) is 0. The van der Waals surface area contributed by atoms with E-state index in [-0.39, 0.29) is 12.5 Å². The zero-order valence-electron chi connectivity index (χ0n) is 11.4. The van der Waals surface area contributed by atoms with Crippen molar-refractivity contribution < 1.29 is 14.3 Å². The molecule has 1 fully saturated rings. The van der Waals surface area contributed by atoms with Gasteiger partial charge in [0, 0.05) is 12.6 Å². The highest BCUT2D eigenvalue weighted by Gasteiger charge is 2.27. The number of para-hydroxylation sites is 2. The van der Waals surface area contributed by atoms with Gasteiger partial charge in [0.2, 0.25) is 6.10 Å². The fourth-order valence-corrected chi connectivity index (χ4v) is 2.58. The van der Waals surface area contributed by atoms with Crippen LogP contribution in [0.1, 0.15) is 19.3 Å². The fraction of sp³-hybridized carbons (Fsp3) is 0.533. The molecule has 2 heterocycles. The van der Waals surface area contributed by atoms with Crippen LogP contribution in [0.2, 0.25) is 0 Å². The van der Waals surface area contributed by atoms with Crippen LogP contribution in [0.3, 0.4) is 0 Å². The van der Waals surface area contributed by atoms with E-state index in [9.17, 15) is 4.79 Å². The molecule has 0 spiro atoms. The maximum absolute atomic E-state index is 12.1. The Labute approximate surface area is 118 Å². The van der Waals surface area contributed by atoms with Gasteiger partial charge >= 0.3 is 0 Å². The summed E-state index contributed by atoms with van der Waals surface area (Å²) in [5.41, 5.74) is 0. The van der Waals surface area contributed by atoms with Crippen LogP contribution < -0.4 is 20.1 Å². The Balaban J connectivity index is 1.51. The summed E-state index contributed by atoms with van der Waals surface area (Å²) in [4.78, 5) is 12.1. The largest absolute Gasteiger partial charge is 0.485 e. The molecule has 0 unspecified atom stereocenters. The zero-order valence-corrected chi connectivity index (χ0v) is 11.4. The summed E-state index contributed by atoms with van der Waals surface area (Å²) >= 11 is 0.